The summed E-state index contributed by atoms with van der Waals surface area (Å²) in [5.74, 6) is -0.775. The maximum absolute atomic E-state index is 12.4. The number of aliphatic imine (C=N–C) groups is 2. The van der Waals surface area contributed by atoms with Crippen LogP contribution in [0.1, 0.15) is 19.3 Å². The quantitative estimate of drug-likeness (QED) is 0.163. The topological polar surface area (TPSA) is 207 Å². The van der Waals surface area contributed by atoms with Crippen molar-refractivity contribution in [3.8, 4) is 0 Å². The fourth-order valence-corrected chi connectivity index (χ4v) is 2.33. The molecule has 1 rings (SSSR count). The lowest BCUT2D eigenvalue weighted by atomic mass is 10.1. The van der Waals surface area contributed by atoms with Gasteiger partial charge in [-0.1, -0.05) is 0 Å². The Hall–Kier alpha value is -3.05. The number of carbonyl (C=O) groups excluding carboxylic acids is 3. The summed E-state index contributed by atoms with van der Waals surface area (Å²) in [5.41, 5.74) is 20.9. The standard InChI is InChI=1S/C13H25N9O3/c1-22-8(6-19-12(16)21-13(17)25)10(24)20-7(5-9(22)23)3-2-4-18-11(14)15/h7-8H,2-6H2,1H3,(H,20,24)(H4,14,15,18)(H5,16,17,19,21,25)/t7-,8?/m0/s1. The number of nitrogens with two attached hydrogens (primary N) is 4. The van der Waals surface area contributed by atoms with Crippen LogP contribution in [0, 0.1) is 0 Å². The van der Waals surface area contributed by atoms with E-state index in [0.29, 0.717) is 19.4 Å². The highest BCUT2D eigenvalue weighted by molar-refractivity contribution is 5.95. The molecule has 1 aliphatic heterocycles. The summed E-state index contributed by atoms with van der Waals surface area (Å²) in [6.45, 7) is 0.322. The van der Waals surface area contributed by atoms with E-state index in [1.165, 1.54) is 11.9 Å². The molecule has 0 aromatic heterocycles. The maximum atomic E-state index is 12.4. The first-order valence-electron chi connectivity index (χ1n) is 7.68. The van der Waals surface area contributed by atoms with E-state index in [0.717, 1.165) is 0 Å². The smallest absolute Gasteiger partial charge is 0.318 e. The predicted octanol–water partition coefficient (Wildman–Crippen LogP) is -3.26. The number of likely N-dealkylation sites (N-methyl/N-ethyl adjacent to an activating group) is 1. The molecule has 0 saturated carbocycles. The molecule has 1 saturated heterocycles. The van der Waals surface area contributed by atoms with Gasteiger partial charge in [-0.2, -0.15) is 0 Å². The predicted molar refractivity (Wildman–Crippen MR) is 92.2 cm³/mol. The summed E-state index contributed by atoms with van der Waals surface area (Å²) < 4.78 is 0. The third-order valence-corrected chi connectivity index (χ3v) is 3.62. The molecule has 1 heterocycles. The Morgan fingerprint density at radius 3 is 2.56 bits per heavy atom. The number of amides is 4. The van der Waals surface area contributed by atoms with Crippen molar-refractivity contribution in [1.29, 1.82) is 0 Å². The van der Waals surface area contributed by atoms with E-state index in [9.17, 15) is 14.4 Å². The molecule has 0 radical (unpaired) electrons. The zero-order chi connectivity index (χ0) is 19.0. The van der Waals surface area contributed by atoms with Gasteiger partial charge in [-0.05, 0) is 12.8 Å². The molecule has 1 aliphatic rings. The largest absolute Gasteiger partial charge is 0.370 e. The van der Waals surface area contributed by atoms with E-state index in [1.54, 1.807) is 0 Å². The Bertz CT molecular complexity index is 571. The number of urea groups is 1. The second-order valence-electron chi connectivity index (χ2n) is 5.59. The van der Waals surface area contributed by atoms with E-state index in [1.807, 2.05) is 0 Å². The van der Waals surface area contributed by atoms with Crippen molar-refractivity contribution >= 4 is 29.8 Å². The lowest BCUT2D eigenvalue weighted by Crippen LogP contribution is -2.48. The molecular formula is C13H25N9O3. The first-order chi connectivity index (χ1) is 11.7. The highest BCUT2D eigenvalue weighted by Crippen LogP contribution is 2.13. The van der Waals surface area contributed by atoms with E-state index in [2.05, 4.69) is 20.6 Å². The van der Waals surface area contributed by atoms with Crippen molar-refractivity contribution in [3.63, 3.8) is 0 Å². The van der Waals surface area contributed by atoms with Crippen molar-refractivity contribution in [2.24, 2.45) is 32.9 Å². The van der Waals surface area contributed by atoms with Gasteiger partial charge in [0.15, 0.2) is 11.9 Å². The van der Waals surface area contributed by atoms with Crippen LogP contribution in [0.3, 0.4) is 0 Å². The van der Waals surface area contributed by atoms with E-state index in [4.69, 9.17) is 22.9 Å². The van der Waals surface area contributed by atoms with Crippen LogP contribution in [0.15, 0.2) is 9.98 Å². The molecule has 0 aliphatic carbocycles. The molecule has 25 heavy (non-hydrogen) atoms. The minimum absolute atomic E-state index is 0.000737. The molecule has 0 spiro atoms. The van der Waals surface area contributed by atoms with E-state index >= 15 is 0 Å². The molecule has 0 aromatic rings. The lowest BCUT2D eigenvalue weighted by Gasteiger charge is -2.22. The summed E-state index contributed by atoms with van der Waals surface area (Å²) in [6.07, 6.45) is 1.35. The van der Waals surface area contributed by atoms with E-state index in [-0.39, 0.29) is 42.7 Å². The zero-order valence-corrected chi connectivity index (χ0v) is 14.1. The third kappa shape index (κ3) is 6.93. The van der Waals surface area contributed by atoms with Gasteiger partial charge >= 0.3 is 6.03 Å². The SMILES string of the molecule is CN1C(=O)C[C@H](CCCN=C(N)N)NC(=O)C1CN=C(N)NC(N)=O. The van der Waals surface area contributed by atoms with Gasteiger partial charge in [0, 0.05) is 26.1 Å². The van der Waals surface area contributed by atoms with Crippen LogP contribution in [0.2, 0.25) is 0 Å². The average Bonchev–Trinajstić information content (AvgIpc) is 2.59. The minimum Gasteiger partial charge on any atom is -0.370 e. The second-order valence-corrected chi connectivity index (χ2v) is 5.59. The van der Waals surface area contributed by atoms with Crippen molar-refractivity contribution < 1.29 is 14.4 Å². The first-order valence-corrected chi connectivity index (χ1v) is 7.68. The zero-order valence-electron chi connectivity index (χ0n) is 14.1. The van der Waals surface area contributed by atoms with Crippen molar-refractivity contribution in [1.82, 2.24) is 15.5 Å². The van der Waals surface area contributed by atoms with Crippen molar-refractivity contribution in [3.05, 3.63) is 0 Å². The van der Waals surface area contributed by atoms with Gasteiger partial charge in [-0.15, -0.1) is 0 Å². The molecule has 10 N–H and O–H groups in total. The summed E-state index contributed by atoms with van der Waals surface area (Å²) in [4.78, 5) is 44.3. The molecule has 12 nitrogen and oxygen atoms in total. The van der Waals surface area contributed by atoms with Gasteiger partial charge in [0.25, 0.3) is 0 Å². The number of nitrogens with one attached hydrogen (secondary N) is 2. The first kappa shape index (κ1) is 20.0. The number of primary amides is 1. The second kappa shape index (κ2) is 9.30. The molecule has 4 amide bonds. The molecule has 2 atom stereocenters. The third-order valence-electron chi connectivity index (χ3n) is 3.62. The number of hydrogen-bond donors (Lipinski definition) is 6. The molecule has 0 bridgehead atoms. The highest BCUT2D eigenvalue weighted by Gasteiger charge is 2.33. The summed E-state index contributed by atoms with van der Waals surface area (Å²) >= 11 is 0. The normalized spacial score (nSPS) is 21.3. The van der Waals surface area contributed by atoms with Gasteiger partial charge in [-0.3, -0.25) is 24.9 Å². The number of rotatable bonds is 6. The number of carbonyl (C=O) groups is 3. The summed E-state index contributed by atoms with van der Waals surface area (Å²) in [5, 5.41) is 4.90. The summed E-state index contributed by atoms with van der Waals surface area (Å²) in [6, 6.07) is -2.01. The molecule has 1 fully saturated rings. The Kier molecular flexibility index (Phi) is 7.43. The monoisotopic (exact) mass is 355 g/mol. The minimum atomic E-state index is -0.864. The van der Waals surface area contributed by atoms with Crippen LogP contribution >= 0.6 is 0 Å². The Morgan fingerprint density at radius 2 is 1.96 bits per heavy atom. The Morgan fingerprint density at radius 1 is 1.28 bits per heavy atom. The van der Waals surface area contributed by atoms with Gasteiger partial charge in [0.2, 0.25) is 11.8 Å². The van der Waals surface area contributed by atoms with Crippen LogP contribution in [-0.4, -0.2) is 66.9 Å². The lowest BCUT2D eigenvalue weighted by molar-refractivity contribution is -0.135. The van der Waals surface area contributed by atoms with Crippen molar-refractivity contribution in [2.45, 2.75) is 31.3 Å². The van der Waals surface area contributed by atoms with Gasteiger partial charge in [0.1, 0.15) is 6.04 Å². The number of guanidine groups is 2. The Labute approximate surface area is 145 Å². The fourth-order valence-electron chi connectivity index (χ4n) is 2.33. The van der Waals surface area contributed by atoms with Crippen LogP contribution in [0.4, 0.5) is 4.79 Å². The Balaban J connectivity index is 2.68. The van der Waals surface area contributed by atoms with Gasteiger partial charge in [0.05, 0.1) is 6.54 Å². The molecule has 0 aromatic carbocycles. The molecule has 1 unspecified atom stereocenters. The highest BCUT2D eigenvalue weighted by atomic mass is 16.2. The molecule has 140 valence electrons. The maximum Gasteiger partial charge on any atom is 0.318 e. The average molecular weight is 355 g/mol. The van der Waals surface area contributed by atoms with Gasteiger partial charge < -0.3 is 33.2 Å². The molecular weight excluding hydrogens is 330 g/mol. The van der Waals surface area contributed by atoms with Crippen LogP contribution in [-0.2, 0) is 9.59 Å². The number of hydrogen-bond acceptors (Lipinski definition) is 5. The molecule has 12 heteroatoms. The number of nitrogens with zero attached hydrogens (tertiary/aromatic N) is 3. The summed E-state index contributed by atoms with van der Waals surface area (Å²) in [7, 11) is 1.52. The fraction of sp³-hybridized carbons (Fsp3) is 0.615. The van der Waals surface area contributed by atoms with Crippen LogP contribution < -0.4 is 33.6 Å². The van der Waals surface area contributed by atoms with Crippen LogP contribution in [0.25, 0.3) is 0 Å². The van der Waals surface area contributed by atoms with Crippen molar-refractivity contribution in [2.75, 3.05) is 20.1 Å². The van der Waals surface area contributed by atoms with E-state index < -0.39 is 12.1 Å². The van der Waals surface area contributed by atoms with Crippen LogP contribution in [0.5, 0.6) is 0 Å². The van der Waals surface area contributed by atoms with Gasteiger partial charge in [-0.25, -0.2) is 4.79 Å².